The van der Waals surface area contributed by atoms with Crippen molar-refractivity contribution in [2.24, 2.45) is 0 Å². The minimum absolute atomic E-state index is 0.406. The molecule has 0 bridgehead atoms. The first-order valence-electron chi connectivity index (χ1n) is 5.19. The van der Waals surface area contributed by atoms with Gasteiger partial charge in [0, 0.05) is 11.4 Å². The van der Waals surface area contributed by atoms with E-state index >= 15 is 0 Å². The monoisotopic (exact) mass is 263 g/mol. The number of nitrogens with zero attached hydrogens (tertiary/aromatic N) is 2. The number of aromatic nitrogens is 2. The van der Waals surface area contributed by atoms with Crippen LogP contribution in [0.4, 0.5) is 26.4 Å². The number of hydrogen-bond donors (Lipinski definition) is 3. The van der Waals surface area contributed by atoms with Crippen LogP contribution in [0.3, 0.4) is 0 Å². The number of nitrogen functional groups attached to an aromatic ring is 2. The van der Waals surface area contributed by atoms with Crippen molar-refractivity contribution >= 4 is 23.2 Å². The molecule has 0 aliphatic heterocycles. The van der Waals surface area contributed by atoms with E-state index in [0.29, 0.717) is 22.1 Å². The Morgan fingerprint density at radius 2 is 1.89 bits per heavy atom. The average Bonchev–Trinajstić information content (AvgIpc) is 2.36. The number of rotatable bonds is 1. The summed E-state index contributed by atoms with van der Waals surface area (Å²) in [5.74, 6) is -1.51. The van der Waals surface area contributed by atoms with Crippen molar-refractivity contribution in [2.75, 3.05) is 16.8 Å². The van der Waals surface area contributed by atoms with Gasteiger partial charge in [0.25, 0.3) is 0 Å². The summed E-state index contributed by atoms with van der Waals surface area (Å²) >= 11 is 0. The Labute approximate surface area is 106 Å². The van der Waals surface area contributed by atoms with Gasteiger partial charge in [-0.05, 0) is 24.3 Å². The molecule has 2 rings (SSSR count). The summed E-state index contributed by atoms with van der Waals surface area (Å²) in [6, 6.07) is 5.38. The number of benzene rings is 1. The normalized spacial score (nSPS) is 10.2. The number of halogens is 1. The van der Waals surface area contributed by atoms with E-state index in [9.17, 15) is 14.0 Å². The fourth-order valence-corrected chi connectivity index (χ4v) is 1.34. The lowest BCUT2D eigenvalue weighted by Crippen LogP contribution is -2.33. The molecule has 1 aromatic heterocycles. The first-order chi connectivity index (χ1) is 8.97. The third kappa shape index (κ3) is 2.68. The smallest absolute Gasteiger partial charge is 0.357 e. The Hall–Kier alpha value is -2.90. The summed E-state index contributed by atoms with van der Waals surface area (Å²) < 4.78 is 13.7. The number of nitrogens with two attached hydrogens (primary N) is 2. The fraction of sp³-hybridized carbons (Fsp3) is 0. The Morgan fingerprint density at radius 3 is 2.53 bits per heavy atom. The number of hydrogen-bond acceptors (Lipinski definition) is 5. The Bertz CT molecular complexity index is 680. The molecule has 0 aliphatic rings. The molecule has 1 amide bonds. The van der Waals surface area contributed by atoms with Gasteiger partial charge in [0.15, 0.2) is 11.6 Å². The van der Waals surface area contributed by atoms with E-state index in [0.717, 1.165) is 0 Å². The van der Waals surface area contributed by atoms with Crippen molar-refractivity contribution in [2.45, 2.75) is 0 Å². The Balaban J connectivity index is 2.28. The van der Waals surface area contributed by atoms with Gasteiger partial charge in [-0.15, -0.1) is 0 Å². The second-order valence-corrected chi connectivity index (χ2v) is 3.68. The van der Waals surface area contributed by atoms with Gasteiger partial charge in [0.05, 0.1) is 6.20 Å². The number of amides is 1. The van der Waals surface area contributed by atoms with E-state index in [4.69, 9.17) is 11.5 Å². The van der Waals surface area contributed by atoms with E-state index in [2.05, 4.69) is 10.3 Å². The minimum Gasteiger partial charge on any atom is -0.399 e. The van der Waals surface area contributed by atoms with Crippen molar-refractivity contribution in [3.63, 3.8) is 0 Å². The summed E-state index contributed by atoms with van der Waals surface area (Å²) in [5, 5.41) is 2.39. The van der Waals surface area contributed by atoms with E-state index in [1.165, 1.54) is 0 Å². The van der Waals surface area contributed by atoms with Crippen LogP contribution >= 0.6 is 0 Å². The highest BCUT2D eigenvalue weighted by atomic mass is 19.1. The van der Waals surface area contributed by atoms with Crippen molar-refractivity contribution < 1.29 is 9.18 Å². The van der Waals surface area contributed by atoms with Gasteiger partial charge >= 0.3 is 11.7 Å². The lowest BCUT2D eigenvalue weighted by atomic mass is 10.3. The molecule has 7 nitrogen and oxygen atoms in total. The molecule has 0 aliphatic carbocycles. The Morgan fingerprint density at radius 1 is 1.26 bits per heavy atom. The van der Waals surface area contributed by atoms with E-state index < -0.39 is 23.4 Å². The van der Waals surface area contributed by atoms with E-state index in [-0.39, 0.29) is 0 Å². The van der Waals surface area contributed by atoms with Gasteiger partial charge < -0.3 is 16.8 Å². The van der Waals surface area contributed by atoms with Crippen LogP contribution in [0.2, 0.25) is 0 Å². The highest BCUT2D eigenvalue weighted by Crippen LogP contribution is 2.10. The molecule has 0 spiro atoms. The van der Waals surface area contributed by atoms with E-state index in [1.54, 1.807) is 24.3 Å². The number of carbonyl (C=O) groups excluding carboxylic acids is 1. The standard InChI is InChI=1S/C11H10FN5O2/c12-8-5-17(11(19)16-9(8)14)10(18)15-7-3-1-6(13)2-4-7/h1-5H,13H2,(H,15,18)(H2,14,16,19). The van der Waals surface area contributed by atoms with Crippen molar-refractivity contribution in [3.05, 3.63) is 46.8 Å². The zero-order valence-electron chi connectivity index (χ0n) is 9.63. The van der Waals surface area contributed by atoms with E-state index in [1.807, 2.05) is 0 Å². The predicted molar refractivity (Wildman–Crippen MR) is 68.1 cm³/mol. The molecule has 1 heterocycles. The van der Waals surface area contributed by atoms with Crippen LogP contribution in [0.25, 0.3) is 0 Å². The Kier molecular flexibility index (Phi) is 3.15. The number of carbonyl (C=O) groups is 1. The quantitative estimate of drug-likeness (QED) is 0.652. The number of nitrogens with one attached hydrogen (secondary N) is 1. The summed E-state index contributed by atoms with van der Waals surface area (Å²) in [4.78, 5) is 26.3. The summed E-state index contributed by atoms with van der Waals surface area (Å²) in [6.07, 6.45) is 0.678. The maximum absolute atomic E-state index is 13.2. The van der Waals surface area contributed by atoms with Crippen LogP contribution < -0.4 is 22.5 Å². The van der Waals surface area contributed by atoms with Crippen LogP contribution in [-0.4, -0.2) is 15.6 Å². The molecule has 1 aromatic carbocycles. The summed E-state index contributed by atoms with van der Waals surface area (Å²) in [6.45, 7) is 0. The summed E-state index contributed by atoms with van der Waals surface area (Å²) in [5.41, 5.74) is 10.6. The van der Waals surface area contributed by atoms with Crippen LogP contribution in [0.5, 0.6) is 0 Å². The number of anilines is 3. The third-order valence-electron chi connectivity index (χ3n) is 2.29. The third-order valence-corrected chi connectivity index (χ3v) is 2.29. The van der Waals surface area contributed by atoms with Gasteiger partial charge in [-0.25, -0.2) is 18.5 Å². The fourth-order valence-electron chi connectivity index (χ4n) is 1.34. The van der Waals surface area contributed by atoms with Gasteiger partial charge in [-0.1, -0.05) is 0 Å². The van der Waals surface area contributed by atoms with Crippen LogP contribution in [0, 0.1) is 5.82 Å². The molecule has 19 heavy (non-hydrogen) atoms. The lowest BCUT2D eigenvalue weighted by molar-refractivity contribution is 0.252. The lowest BCUT2D eigenvalue weighted by Gasteiger charge is -2.07. The molecule has 2 aromatic rings. The maximum Gasteiger partial charge on any atom is 0.357 e. The maximum atomic E-state index is 13.2. The van der Waals surface area contributed by atoms with Crippen molar-refractivity contribution in [1.82, 2.24) is 9.55 Å². The van der Waals surface area contributed by atoms with Crippen molar-refractivity contribution in [3.8, 4) is 0 Å². The zero-order chi connectivity index (χ0) is 14.0. The molecule has 0 saturated carbocycles. The van der Waals surface area contributed by atoms with Gasteiger partial charge in [0.2, 0.25) is 0 Å². The van der Waals surface area contributed by atoms with Crippen LogP contribution in [-0.2, 0) is 0 Å². The van der Waals surface area contributed by atoms with Crippen LogP contribution in [0.15, 0.2) is 35.3 Å². The molecule has 0 fully saturated rings. The highest BCUT2D eigenvalue weighted by Gasteiger charge is 2.11. The van der Waals surface area contributed by atoms with Gasteiger partial charge in [-0.2, -0.15) is 4.98 Å². The second-order valence-electron chi connectivity index (χ2n) is 3.68. The first-order valence-corrected chi connectivity index (χ1v) is 5.19. The molecule has 0 atom stereocenters. The zero-order valence-corrected chi connectivity index (χ0v) is 9.63. The molecule has 0 saturated heterocycles. The minimum atomic E-state index is -0.966. The SMILES string of the molecule is Nc1ccc(NC(=O)n2cc(F)c(N)nc2=O)cc1. The average molecular weight is 263 g/mol. The molecular weight excluding hydrogens is 253 g/mol. The summed E-state index contributed by atoms with van der Waals surface area (Å²) in [7, 11) is 0. The highest BCUT2D eigenvalue weighted by molar-refractivity contribution is 5.91. The van der Waals surface area contributed by atoms with Crippen molar-refractivity contribution in [1.29, 1.82) is 0 Å². The largest absolute Gasteiger partial charge is 0.399 e. The first kappa shape index (κ1) is 12.6. The van der Waals surface area contributed by atoms with Gasteiger partial charge in [-0.3, -0.25) is 0 Å². The molecule has 8 heteroatoms. The molecular formula is C11H10FN5O2. The van der Waals surface area contributed by atoms with Gasteiger partial charge in [0.1, 0.15) is 0 Å². The molecule has 0 radical (unpaired) electrons. The predicted octanol–water partition coefficient (Wildman–Crippen LogP) is 0.627. The topological polar surface area (TPSA) is 116 Å². The van der Waals surface area contributed by atoms with Crippen LogP contribution in [0.1, 0.15) is 0 Å². The molecule has 5 N–H and O–H groups in total. The molecule has 98 valence electrons. The molecule has 0 unspecified atom stereocenters. The second kappa shape index (κ2) is 4.77.